The summed E-state index contributed by atoms with van der Waals surface area (Å²) < 4.78 is 0. The molecule has 1 aliphatic rings. The lowest BCUT2D eigenvalue weighted by Gasteiger charge is -2.28. The van der Waals surface area contributed by atoms with Gasteiger partial charge < -0.3 is 15.5 Å². The fourth-order valence-corrected chi connectivity index (χ4v) is 5.37. The molecule has 4 rings (SSSR count). The largest absolute Gasteiger partial charge is 0.390 e. The van der Waals surface area contributed by atoms with Crippen LogP contribution in [0.4, 0.5) is 11.4 Å². The number of hydrogen-bond acceptors (Lipinski definition) is 3. The predicted molar refractivity (Wildman–Crippen MR) is 168 cm³/mol. The Morgan fingerprint density at radius 2 is 1.79 bits per heavy atom. The quantitative estimate of drug-likeness (QED) is 0.243. The Bertz CT molecular complexity index is 1330. The first kappa shape index (κ1) is 27.1. The van der Waals surface area contributed by atoms with Crippen LogP contribution in [0.3, 0.4) is 0 Å². The van der Waals surface area contributed by atoms with Gasteiger partial charge in [0, 0.05) is 37.1 Å². The second-order valence-corrected chi connectivity index (χ2v) is 10.1. The van der Waals surface area contributed by atoms with E-state index in [9.17, 15) is 0 Å². The first-order chi connectivity index (χ1) is 18.4. The summed E-state index contributed by atoms with van der Waals surface area (Å²) in [4.78, 5) is 2.43. The molecule has 1 atom stereocenters. The molecule has 0 aliphatic heterocycles. The summed E-state index contributed by atoms with van der Waals surface area (Å²) in [6, 6.07) is 22.1. The van der Waals surface area contributed by atoms with Gasteiger partial charge in [0.1, 0.15) is 0 Å². The molecule has 1 unspecified atom stereocenters. The van der Waals surface area contributed by atoms with E-state index in [4.69, 9.17) is 0 Å². The van der Waals surface area contributed by atoms with Crippen molar-refractivity contribution >= 4 is 28.6 Å². The summed E-state index contributed by atoms with van der Waals surface area (Å²) in [6.45, 7) is 21.7. The Morgan fingerprint density at radius 3 is 2.50 bits per heavy atom. The average Bonchev–Trinajstić information content (AvgIpc) is 2.93. The van der Waals surface area contributed by atoms with Gasteiger partial charge in [0.15, 0.2) is 0 Å². The van der Waals surface area contributed by atoms with E-state index < -0.39 is 0 Å². The van der Waals surface area contributed by atoms with Crippen molar-refractivity contribution in [3.05, 3.63) is 126 Å². The van der Waals surface area contributed by atoms with E-state index >= 15 is 0 Å². The highest BCUT2D eigenvalue weighted by atomic mass is 15.1. The highest BCUT2D eigenvalue weighted by Gasteiger charge is 2.22. The monoisotopic (exact) mass is 503 g/mol. The smallest absolute Gasteiger partial charge is 0.0489 e. The highest BCUT2D eigenvalue weighted by molar-refractivity contribution is 5.90. The molecule has 0 fully saturated rings. The third kappa shape index (κ3) is 6.11. The minimum absolute atomic E-state index is 0.144. The molecule has 196 valence electrons. The summed E-state index contributed by atoms with van der Waals surface area (Å²) in [7, 11) is 0. The molecule has 38 heavy (non-hydrogen) atoms. The van der Waals surface area contributed by atoms with Crippen LogP contribution in [-0.4, -0.2) is 19.6 Å². The van der Waals surface area contributed by atoms with Gasteiger partial charge in [-0.25, -0.2) is 0 Å². The lowest BCUT2D eigenvalue weighted by molar-refractivity contribution is 0.726. The van der Waals surface area contributed by atoms with Crippen LogP contribution in [-0.2, 0) is 6.42 Å². The van der Waals surface area contributed by atoms with E-state index in [0.29, 0.717) is 0 Å². The number of nitrogens with zero attached hydrogens (tertiary/aromatic N) is 1. The molecule has 0 heterocycles. The second kappa shape index (κ2) is 12.5. The summed E-state index contributed by atoms with van der Waals surface area (Å²) in [5.74, 6) is 0. The van der Waals surface area contributed by atoms with Gasteiger partial charge in [0.25, 0.3) is 0 Å². The van der Waals surface area contributed by atoms with E-state index in [-0.39, 0.29) is 6.04 Å². The fraction of sp³-hybridized carbons (Fsp3) is 0.257. The molecular weight excluding hydrogens is 462 g/mol. The zero-order valence-corrected chi connectivity index (χ0v) is 23.2. The molecule has 3 nitrogen and oxygen atoms in total. The van der Waals surface area contributed by atoms with Gasteiger partial charge >= 0.3 is 0 Å². The van der Waals surface area contributed by atoms with Crippen LogP contribution in [0.5, 0.6) is 0 Å². The Labute approximate surface area is 229 Å². The van der Waals surface area contributed by atoms with Gasteiger partial charge in [-0.3, -0.25) is 0 Å². The standard InChI is InChI=1S/C35H41N3/c1-7-19-38(20-18-36-9-3)31-16-14-29(15-17-31)30-23-26(5)32-21-25(4)22-33(34(32)24-30)27(6)37-35-13-11-10-12-28(35)8-2/h8-17,21-23,27,36-37H,2-3,5,7,18-20,24H2,1,4,6H3. The lowest BCUT2D eigenvalue weighted by atomic mass is 9.81. The average molecular weight is 504 g/mol. The predicted octanol–water partition coefficient (Wildman–Crippen LogP) is 8.41. The number of fused-ring (bicyclic) bond motifs is 1. The number of rotatable bonds is 12. The maximum absolute atomic E-state index is 4.46. The van der Waals surface area contributed by atoms with Crippen molar-refractivity contribution in [1.29, 1.82) is 0 Å². The van der Waals surface area contributed by atoms with Crippen LogP contribution in [0.2, 0.25) is 0 Å². The first-order valence-electron chi connectivity index (χ1n) is 13.7. The van der Waals surface area contributed by atoms with Gasteiger partial charge in [-0.2, -0.15) is 0 Å². The number of benzene rings is 3. The van der Waals surface area contributed by atoms with Crippen molar-refractivity contribution < 1.29 is 0 Å². The summed E-state index contributed by atoms with van der Waals surface area (Å²) >= 11 is 0. The van der Waals surface area contributed by atoms with Crippen molar-refractivity contribution in [2.45, 2.75) is 39.7 Å². The number of anilines is 2. The van der Waals surface area contributed by atoms with Crippen LogP contribution in [0.15, 0.2) is 92.7 Å². The van der Waals surface area contributed by atoms with Crippen molar-refractivity contribution in [2.75, 3.05) is 29.9 Å². The van der Waals surface area contributed by atoms with Crippen molar-refractivity contribution in [1.82, 2.24) is 5.32 Å². The molecule has 0 bridgehead atoms. The van der Waals surface area contributed by atoms with E-state index in [1.165, 1.54) is 39.1 Å². The second-order valence-electron chi connectivity index (χ2n) is 10.1. The van der Waals surface area contributed by atoms with Crippen LogP contribution in [0.1, 0.15) is 59.7 Å². The summed E-state index contributed by atoms with van der Waals surface area (Å²) in [6.07, 6.45) is 7.94. The number of hydrogen-bond donors (Lipinski definition) is 2. The molecule has 3 aromatic carbocycles. The van der Waals surface area contributed by atoms with E-state index in [1.807, 2.05) is 12.1 Å². The Balaban J connectivity index is 1.60. The van der Waals surface area contributed by atoms with Crippen LogP contribution < -0.4 is 15.5 Å². The molecule has 0 spiro atoms. The maximum Gasteiger partial charge on any atom is 0.0489 e. The van der Waals surface area contributed by atoms with Crippen LogP contribution in [0.25, 0.3) is 17.2 Å². The van der Waals surface area contributed by atoms with Crippen molar-refractivity contribution in [2.24, 2.45) is 0 Å². The molecule has 3 heteroatoms. The number of aryl methyl sites for hydroxylation is 1. The molecule has 0 saturated heterocycles. The summed E-state index contributed by atoms with van der Waals surface area (Å²) in [5.41, 5.74) is 12.3. The normalized spacial score (nSPS) is 13.2. The molecule has 2 N–H and O–H groups in total. The fourth-order valence-electron chi connectivity index (χ4n) is 5.37. The van der Waals surface area contributed by atoms with E-state index in [2.05, 4.69) is 117 Å². The van der Waals surface area contributed by atoms with E-state index in [1.54, 1.807) is 6.20 Å². The lowest BCUT2D eigenvalue weighted by Crippen LogP contribution is -2.31. The van der Waals surface area contributed by atoms with Gasteiger partial charge in [-0.15, -0.1) is 0 Å². The Hall–Kier alpha value is -3.98. The Morgan fingerprint density at radius 1 is 1.03 bits per heavy atom. The van der Waals surface area contributed by atoms with Gasteiger partial charge in [0.05, 0.1) is 0 Å². The maximum atomic E-state index is 4.46. The zero-order valence-electron chi connectivity index (χ0n) is 23.2. The van der Waals surface area contributed by atoms with Gasteiger partial charge in [0.2, 0.25) is 0 Å². The molecule has 0 amide bonds. The molecule has 0 saturated carbocycles. The van der Waals surface area contributed by atoms with Gasteiger partial charge in [-0.1, -0.05) is 86.8 Å². The number of nitrogens with one attached hydrogen (secondary N) is 2. The molecule has 1 aliphatic carbocycles. The SMILES string of the molecule is C=CNCCN(CCC)c1ccc(C2=CC(=C)c3cc(C)cc(C(C)Nc4ccccc4C=C)c3C2)cc1. The zero-order chi connectivity index (χ0) is 27.1. The van der Waals surface area contributed by atoms with E-state index in [0.717, 1.165) is 49.3 Å². The topological polar surface area (TPSA) is 27.3 Å². The van der Waals surface area contributed by atoms with Crippen molar-refractivity contribution in [3.8, 4) is 0 Å². The van der Waals surface area contributed by atoms with Gasteiger partial charge in [-0.05, 0) is 90.1 Å². The summed E-state index contributed by atoms with van der Waals surface area (Å²) in [5, 5.41) is 6.96. The third-order valence-corrected chi connectivity index (χ3v) is 7.28. The minimum atomic E-state index is 0.144. The number of para-hydroxylation sites is 1. The molecular formula is C35H41N3. The number of allylic oxidation sites excluding steroid dienone is 3. The third-order valence-electron chi connectivity index (χ3n) is 7.28. The minimum Gasteiger partial charge on any atom is -0.390 e. The molecule has 0 aromatic heterocycles. The van der Waals surface area contributed by atoms with Crippen LogP contribution >= 0.6 is 0 Å². The molecule has 0 radical (unpaired) electrons. The Kier molecular flexibility index (Phi) is 8.91. The molecule has 3 aromatic rings. The highest BCUT2D eigenvalue weighted by Crippen LogP contribution is 2.39. The van der Waals surface area contributed by atoms with Crippen LogP contribution in [0, 0.1) is 6.92 Å². The first-order valence-corrected chi connectivity index (χ1v) is 13.7. The van der Waals surface area contributed by atoms with Crippen molar-refractivity contribution in [3.63, 3.8) is 0 Å².